The van der Waals surface area contributed by atoms with E-state index in [2.05, 4.69) is 0 Å². The lowest BCUT2D eigenvalue weighted by Crippen LogP contribution is -2.30. The third-order valence-electron chi connectivity index (χ3n) is 2.44. The van der Waals surface area contributed by atoms with E-state index < -0.39 is 11.7 Å². The monoisotopic (exact) mass is 230 g/mol. The van der Waals surface area contributed by atoms with Gasteiger partial charge in [0, 0.05) is 0 Å². The van der Waals surface area contributed by atoms with Gasteiger partial charge in [0.25, 0.3) is 5.91 Å². The largest absolute Gasteiger partial charge is 0.290 e. The highest BCUT2D eigenvalue weighted by Crippen LogP contribution is 2.24. The van der Waals surface area contributed by atoms with E-state index >= 15 is 0 Å². The Morgan fingerprint density at radius 3 is 2.47 bits per heavy atom. The standard InChI is InChI=1S/C13H11FN2O/c14-10-6-7-11(9-4-2-1-3-5-9)12(8-10)13(17)16-15/h1-8H,15H2,(H,16,17). The minimum absolute atomic E-state index is 0.221. The topological polar surface area (TPSA) is 55.1 Å². The number of carbonyl (C=O) groups excluding carboxylic acids is 1. The van der Waals surface area contributed by atoms with Gasteiger partial charge >= 0.3 is 0 Å². The van der Waals surface area contributed by atoms with E-state index in [0.29, 0.717) is 5.56 Å². The van der Waals surface area contributed by atoms with Crippen molar-refractivity contribution in [1.29, 1.82) is 0 Å². The van der Waals surface area contributed by atoms with E-state index in [1.807, 2.05) is 35.8 Å². The Balaban J connectivity index is 2.58. The van der Waals surface area contributed by atoms with E-state index in [9.17, 15) is 9.18 Å². The molecule has 0 saturated heterocycles. The molecule has 0 aliphatic rings. The summed E-state index contributed by atoms with van der Waals surface area (Å²) < 4.78 is 13.1. The second kappa shape index (κ2) is 4.76. The summed E-state index contributed by atoms with van der Waals surface area (Å²) in [6.07, 6.45) is 0. The smallest absolute Gasteiger partial charge is 0.265 e. The molecule has 3 N–H and O–H groups in total. The van der Waals surface area contributed by atoms with E-state index in [1.54, 1.807) is 6.07 Å². The van der Waals surface area contributed by atoms with Gasteiger partial charge in [-0.25, -0.2) is 10.2 Å². The molecule has 0 heterocycles. The van der Waals surface area contributed by atoms with Crippen LogP contribution in [0.5, 0.6) is 0 Å². The number of amides is 1. The molecule has 0 fully saturated rings. The van der Waals surface area contributed by atoms with Crippen LogP contribution in [0.3, 0.4) is 0 Å². The molecular formula is C13H11FN2O. The second-order valence-corrected chi connectivity index (χ2v) is 3.53. The zero-order valence-corrected chi connectivity index (χ0v) is 8.98. The van der Waals surface area contributed by atoms with Crippen molar-refractivity contribution in [3.8, 4) is 11.1 Å². The van der Waals surface area contributed by atoms with Crippen LogP contribution in [0.15, 0.2) is 48.5 Å². The summed E-state index contributed by atoms with van der Waals surface area (Å²) in [6.45, 7) is 0. The minimum atomic E-state index is -0.511. The van der Waals surface area contributed by atoms with Crippen LogP contribution in [0.4, 0.5) is 4.39 Å². The van der Waals surface area contributed by atoms with Crippen molar-refractivity contribution in [1.82, 2.24) is 5.43 Å². The number of nitrogens with one attached hydrogen (secondary N) is 1. The Morgan fingerprint density at radius 2 is 1.82 bits per heavy atom. The van der Waals surface area contributed by atoms with E-state index in [1.165, 1.54) is 12.1 Å². The first-order valence-electron chi connectivity index (χ1n) is 5.08. The van der Waals surface area contributed by atoms with Gasteiger partial charge in [0.1, 0.15) is 5.82 Å². The van der Waals surface area contributed by atoms with Crippen LogP contribution in [-0.4, -0.2) is 5.91 Å². The summed E-state index contributed by atoms with van der Waals surface area (Å²) in [7, 11) is 0. The number of hydrogen-bond acceptors (Lipinski definition) is 2. The maximum absolute atomic E-state index is 13.1. The van der Waals surface area contributed by atoms with Crippen LogP contribution in [0.1, 0.15) is 10.4 Å². The van der Waals surface area contributed by atoms with Gasteiger partial charge in [0.2, 0.25) is 0 Å². The van der Waals surface area contributed by atoms with Crippen molar-refractivity contribution in [3.05, 3.63) is 59.9 Å². The van der Waals surface area contributed by atoms with Gasteiger partial charge in [-0.1, -0.05) is 36.4 Å². The summed E-state index contributed by atoms with van der Waals surface area (Å²) in [5.41, 5.74) is 3.72. The second-order valence-electron chi connectivity index (χ2n) is 3.53. The summed E-state index contributed by atoms with van der Waals surface area (Å²) in [5, 5.41) is 0. The van der Waals surface area contributed by atoms with Crippen LogP contribution in [-0.2, 0) is 0 Å². The van der Waals surface area contributed by atoms with Gasteiger partial charge in [-0.05, 0) is 23.3 Å². The van der Waals surface area contributed by atoms with Gasteiger partial charge < -0.3 is 0 Å². The highest BCUT2D eigenvalue weighted by atomic mass is 19.1. The van der Waals surface area contributed by atoms with Crippen molar-refractivity contribution < 1.29 is 9.18 Å². The number of nitrogen functional groups attached to an aromatic ring is 1. The summed E-state index contributed by atoms with van der Waals surface area (Å²) in [6, 6.07) is 13.3. The molecule has 1 amide bonds. The van der Waals surface area contributed by atoms with Crippen LogP contribution in [0.25, 0.3) is 11.1 Å². The molecule has 0 unspecified atom stereocenters. The Bertz CT molecular complexity index is 540. The molecule has 0 aliphatic carbocycles. The fourth-order valence-corrected chi connectivity index (χ4v) is 1.65. The van der Waals surface area contributed by atoms with Crippen molar-refractivity contribution >= 4 is 5.91 Å². The predicted molar refractivity (Wildman–Crippen MR) is 63.5 cm³/mol. The third kappa shape index (κ3) is 2.32. The number of benzene rings is 2. The van der Waals surface area contributed by atoms with Crippen molar-refractivity contribution in [2.45, 2.75) is 0 Å². The Hall–Kier alpha value is -2.20. The quantitative estimate of drug-likeness (QED) is 0.471. The van der Waals surface area contributed by atoms with Crippen molar-refractivity contribution in [2.24, 2.45) is 5.84 Å². The molecule has 2 aromatic carbocycles. The van der Waals surface area contributed by atoms with Crippen LogP contribution in [0, 0.1) is 5.82 Å². The lowest BCUT2D eigenvalue weighted by atomic mass is 9.99. The maximum Gasteiger partial charge on any atom is 0.265 e. The number of rotatable bonds is 2. The molecule has 0 aromatic heterocycles. The number of hydrogen-bond donors (Lipinski definition) is 2. The molecule has 2 aromatic rings. The summed E-state index contributed by atoms with van der Waals surface area (Å²) in [4.78, 5) is 11.6. The molecule has 2 rings (SSSR count). The van der Waals surface area contributed by atoms with E-state index in [-0.39, 0.29) is 5.56 Å². The summed E-state index contributed by atoms with van der Waals surface area (Å²) in [5.74, 6) is 4.10. The van der Waals surface area contributed by atoms with Gasteiger partial charge in [-0.2, -0.15) is 0 Å². The Kier molecular flexibility index (Phi) is 3.16. The number of halogens is 1. The van der Waals surface area contributed by atoms with Gasteiger partial charge in [0.05, 0.1) is 5.56 Å². The van der Waals surface area contributed by atoms with Crippen LogP contribution < -0.4 is 11.3 Å². The molecule has 0 bridgehead atoms. The first-order valence-corrected chi connectivity index (χ1v) is 5.08. The number of carbonyl (C=O) groups is 1. The van der Waals surface area contributed by atoms with Crippen LogP contribution in [0.2, 0.25) is 0 Å². The van der Waals surface area contributed by atoms with Crippen molar-refractivity contribution in [3.63, 3.8) is 0 Å². The number of hydrazine groups is 1. The molecule has 0 atom stereocenters. The predicted octanol–water partition coefficient (Wildman–Crippen LogP) is 2.10. The van der Waals surface area contributed by atoms with Gasteiger partial charge in [-0.3, -0.25) is 10.2 Å². The molecule has 3 nitrogen and oxygen atoms in total. The van der Waals surface area contributed by atoms with Crippen molar-refractivity contribution in [2.75, 3.05) is 0 Å². The molecule has 0 spiro atoms. The molecule has 0 aliphatic heterocycles. The highest BCUT2D eigenvalue weighted by Gasteiger charge is 2.12. The summed E-state index contributed by atoms with van der Waals surface area (Å²) >= 11 is 0. The first-order chi connectivity index (χ1) is 8.22. The SMILES string of the molecule is NNC(=O)c1cc(F)ccc1-c1ccccc1. The maximum atomic E-state index is 13.1. The van der Waals surface area contributed by atoms with Crippen LogP contribution >= 0.6 is 0 Å². The van der Waals surface area contributed by atoms with E-state index in [4.69, 9.17) is 5.84 Å². The Morgan fingerprint density at radius 1 is 1.12 bits per heavy atom. The average molecular weight is 230 g/mol. The third-order valence-corrected chi connectivity index (χ3v) is 2.44. The molecular weight excluding hydrogens is 219 g/mol. The lowest BCUT2D eigenvalue weighted by molar-refractivity contribution is 0.0954. The Labute approximate surface area is 98.0 Å². The zero-order valence-electron chi connectivity index (χ0n) is 8.98. The fourth-order valence-electron chi connectivity index (χ4n) is 1.65. The molecule has 0 saturated carbocycles. The van der Waals surface area contributed by atoms with Gasteiger partial charge in [0.15, 0.2) is 0 Å². The minimum Gasteiger partial charge on any atom is -0.290 e. The normalized spacial score (nSPS) is 10.0. The molecule has 4 heteroatoms. The van der Waals surface area contributed by atoms with Gasteiger partial charge in [-0.15, -0.1) is 0 Å². The highest BCUT2D eigenvalue weighted by molar-refractivity contribution is 6.00. The lowest BCUT2D eigenvalue weighted by Gasteiger charge is -2.08. The first kappa shape index (κ1) is 11.3. The molecule has 86 valence electrons. The zero-order chi connectivity index (χ0) is 12.3. The molecule has 0 radical (unpaired) electrons. The molecule has 17 heavy (non-hydrogen) atoms. The average Bonchev–Trinajstić information content (AvgIpc) is 2.38. The van der Waals surface area contributed by atoms with E-state index in [0.717, 1.165) is 5.56 Å². The fraction of sp³-hybridized carbons (Fsp3) is 0. The number of nitrogens with two attached hydrogens (primary N) is 1.